The van der Waals surface area contributed by atoms with Crippen molar-refractivity contribution in [3.8, 4) is 0 Å². The summed E-state index contributed by atoms with van der Waals surface area (Å²) >= 11 is 0. The lowest BCUT2D eigenvalue weighted by molar-refractivity contribution is -0.123. The van der Waals surface area contributed by atoms with Crippen LogP contribution in [0.15, 0.2) is 30.3 Å². The Labute approximate surface area is 145 Å². The van der Waals surface area contributed by atoms with Crippen molar-refractivity contribution in [2.24, 2.45) is 5.92 Å². The Morgan fingerprint density at radius 2 is 1.75 bits per heavy atom. The van der Waals surface area contributed by atoms with Gasteiger partial charge in [-0.2, -0.15) is 0 Å². The van der Waals surface area contributed by atoms with Crippen LogP contribution in [0.4, 0.5) is 4.79 Å². The van der Waals surface area contributed by atoms with Gasteiger partial charge < -0.3 is 15.4 Å². The first-order valence-electron chi connectivity index (χ1n) is 8.48. The van der Waals surface area contributed by atoms with E-state index in [9.17, 15) is 9.59 Å². The molecule has 0 saturated heterocycles. The standard InChI is InChI=1S/C19H30N2O3/c1-14(2)11-12-20-17(22)16(13-15-9-7-6-8-10-15)21-18(23)24-19(3,4)5/h6-10,14,16H,11-13H2,1-5H3,(H,20,22)(H,21,23). The largest absolute Gasteiger partial charge is 0.444 e. The van der Waals surface area contributed by atoms with Gasteiger partial charge in [-0.15, -0.1) is 0 Å². The van der Waals surface area contributed by atoms with Crippen LogP contribution in [0, 0.1) is 5.92 Å². The van der Waals surface area contributed by atoms with Crippen LogP contribution in [0.1, 0.15) is 46.6 Å². The van der Waals surface area contributed by atoms with Crippen LogP contribution >= 0.6 is 0 Å². The van der Waals surface area contributed by atoms with E-state index < -0.39 is 17.7 Å². The van der Waals surface area contributed by atoms with Gasteiger partial charge in [0, 0.05) is 13.0 Å². The number of amides is 2. The van der Waals surface area contributed by atoms with Crippen molar-refractivity contribution in [1.29, 1.82) is 0 Å². The zero-order chi connectivity index (χ0) is 18.2. The lowest BCUT2D eigenvalue weighted by atomic mass is 10.1. The van der Waals surface area contributed by atoms with Crippen LogP contribution in [0.5, 0.6) is 0 Å². The Bertz CT molecular complexity index is 521. The fourth-order valence-corrected chi connectivity index (χ4v) is 2.12. The third-order valence-electron chi connectivity index (χ3n) is 3.31. The van der Waals surface area contributed by atoms with Gasteiger partial charge in [-0.25, -0.2) is 4.79 Å². The first-order valence-corrected chi connectivity index (χ1v) is 8.48. The Balaban J connectivity index is 2.71. The minimum atomic E-state index is -0.658. The molecule has 0 heterocycles. The molecular weight excluding hydrogens is 304 g/mol. The van der Waals surface area contributed by atoms with E-state index >= 15 is 0 Å². The molecule has 0 aliphatic carbocycles. The van der Waals surface area contributed by atoms with E-state index in [4.69, 9.17) is 4.74 Å². The van der Waals surface area contributed by atoms with Gasteiger partial charge in [-0.3, -0.25) is 4.79 Å². The average molecular weight is 334 g/mol. The molecule has 0 aliphatic heterocycles. The van der Waals surface area contributed by atoms with Crippen LogP contribution in [0.25, 0.3) is 0 Å². The van der Waals surface area contributed by atoms with Gasteiger partial charge in [0.05, 0.1) is 0 Å². The summed E-state index contributed by atoms with van der Waals surface area (Å²) in [4.78, 5) is 24.5. The summed E-state index contributed by atoms with van der Waals surface area (Å²) in [6.45, 7) is 10.2. The zero-order valence-corrected chi connectivity index (χ0v) is 15.4. The zero-order valence-electron chi connectivity index (χ0n) is 15.4. The highest BCUT2D eigenvalue weighted by molar-refractivity contribution is 5.86. The molecule has 24 heavy (non-hydrogen) atoms. The second-order valence-electron chi connectivity index (χ2n) is 7.36. The molecule has 2 N–H and O–H groups in total. The highest BCUT2D eigenvalue weighted by Crippen LogP contribution is 2.09. The van der Waals surface area contributed by atoms with Gasteiger partial charge in [0.25, 0.3) is 0 Å². The molecule has 0 aromatic heterocycles. The van der Waals surface area contributed by atoms with Crippen molar-refractivity contribution in [2.45, 2.75) is 59.1 Å². The topological polar surface area (TPSA) is 67.4 Å². The second kappa shape index (κ2) is 9.30. The number of carbonyl (C=O) groups excluding carboxylic acids is 2. The predicted octanol–water partition coefficient (Wildman–Crippen LogP) is 3.28. The van der Waals surface area contributed by atoms with Gasteiger partial charge in [0.2, 0.25) is 5.91 Å². The Hall–Kier alpha value is -2.04. The molecule has 0 aliphatic rings. The molecule has 1 aromatic carbocycles. The summed E-state index contributed by atoms with van der Waals surface area (Å²) in [6.07, 6.45) is 0.742. The molecule has 0 saturated carbocycles. The van der Waals surface area contributed by atoms with Crippen molar-refractivity contribution in [3.63, 3.8) is 0 Å². The summed E-state index contributed by atoms with van der Waals surface area (Å²) in [5.41, 5.74) is 0.382. The van der Waals surface area contributed by atoms with E-state index in [2.05, 4.69) is 24.5 Å². The summed E-state index contributed by atoms with van der Waals surface area (Å²) < 4.78 is 5.27. The van der Waals surface area contributed by atoms with Crippen LogP contribution in [-0.4, -0.2) is 30.2 Å². The van der Waals surface area contributed by atoms with Crippen molar-refractivity contribution >= 4 is 12.0 Å². The molecule has 1 aromatic rings. The van der Waals surface area contributed by atoms with E-state index in [1.807, 2.05) is 30.3 Å². The fourth-order valence-electron chi connectivity index (χ4n) is 2.12. The number of rotatable bonds is 7. The van der Waals surface area contributed by atoms with Crippen LogP contribution in [0.3, 0.4) is 0 Å². The van der Waals surface area contributed by atoms with Gasteiger partial charge in [0.15, 0.2) is 0 Å². The van der Waals surface area contributed by atoms with Gasteiger partial charge in [-0.05, 0) is 38.7 Å². The third kappa shape index (κ3) is 8.56. The molecule has 1 unspecified atom stereocenters. The van der Waals surface area contributed by atoms with E-state index in [0.717, 1.165) is 12.0 Å². The van der Waals surface area contributed by atoms with Gasteiger partial charge in [-0.1, -0.05) is 44.2 Å². The van der Waals surface area contributed by atoms with Crippen molar-refractivity contribution < 1.29 is 14.3 Å². The van der Waals surface area contributed by atoms with Crippen molar-refractivity contribution in [2.75, 3.05) is 6.54 Å². The number of ether oxygens (including phenoxy) is 1. The van der Waals surface area contributed by atoms with Crippen LogP contribution in [0.2, 0.25) is 0 Å². The molecule has 5 nitrogen and oxygen atoms in total. The lowest BCUT2D eigenvalue weighted by Gasteiger charge is -2.23. The van der Waals surface area contributed by atoms with E-state index in [0.29, 0.717) is 18.9 Å². The number of hydrogen-bond acceptors (Lipinski definition) is 3. The summed E-state index contributed by atoms with van der Waals surface area (Å²) in [5.74, 6) is 0.321. The molecule has 134 valence electrons. The Kier molecular flexibility index (Phi) is 7.75. The van der Waals surface area contributed by atoms with Crippen molar-refractivity contribution in [1.82, 2.24) is 10.6 Å². The maximum absolute atomic E-state index is 12.4. The number of alkyl carbamates (subject to hydrolysis) is 1. The second-order valence-corrected chi connectivity index (χ2v) is 7.36. The average Bonchev–Trinajstić information content (AvgIpc) is 2.45. The molecule has 0 bridgehead atoms. The quantitative estimate of drug-likeness (QED) is 0.804. The summed E-state index contributed by atoms with van der Waals surface area (Å²) in [6, 6.07) is 8.96. The molecule has 0 fully saturated rings. The lowest BCUT2D eigenvalue weighted by Crippen LogP contribution is -2.49. The summed E-state index contributed by atoms with van der Waals surface area (Å²) in [5, 5.41) is 5.58. The number of carbonyl (C=O) groups is 2. The number of benzene rings is 1. The monoisotopic (exact) mass is 334 g/mol. The first kappa shape index (κ1) is 20.0. The minimum absolute atomic E-state index is 0.189. The Morgan fingerprint density at radius 3 is 2.29 bits per heavy atom. The van der Waals surface area contributed by atoms with E-state index in [1.54, 1.807) is 20.8 Å². The molecule has 2 amide bonds. The minimum Gasteiger partial charge on any atom is -0.444 e. The van der Waals surface area contributed by atoms with Crippen molar-refractivity contribution in [3.05, 3.63) is 35.9 Å². The number of hydrogen-bond donors (Lipinski definition) is 2. The molecule has 5 heteroatoms. The van der Waals surface area contributed by atoms with Crippen LogP contribution < -0.4 is 10.6 Å². The maximum atomic E-state index is 12.4. The van der Waals surface area contributed by atoms with E-state index in [1.165, 1.54) is 0 Å². The number of nitrogens with one attached hydrogen (secondary N) is 2. The smallest absolute Gasteiger partial charge is 0.408 e. The molecule has 1 atom stereocenters. The van der Waals surface area contributed by atoms with Gasteiger partial charge >= 0.3 is 6.09 Å². The van der Waals surface area contributed by atoms with Crippen LogP contribution in [-0.2, 0) is 16.0 Å². The highest BCUT2D eigenvalue weighted by Gasteiger charge is 2.24. The van der Waals surface area contributed by atoms with E-state index in [-0.39, 0.29) is 5.91 Å². The SMILES string of the molecule is CC(C)CCNC(=O)C(Cc1ccccc1)NC(=O)OC(C)(C)C. The van der Waals surface area contributed by atoms with Gasteiger partial charge in [0.1, 0.15) is 11.6 Å². The first-order chi connectivity index (χ1) is 11.2. The fraction of sp³-hybridized carbons (Fsp3) is 0.579. The normalized spacial score (nSPS) is 12.6. The molecule has 1 rings (SSSR count). The summed E-state index contributed by atoms with van der Waals surface area (Å²) in [7, 11) is 0. The highest BCUT2D eigenvalue weighted by atomic mass is 16.6. The maximum Gasteiger partial charge on any atom is 0.408 e. The molecule has 0 spiro atoms. The molecular formula is C19H30N2O3. The molecule has 0 radical (unpaired) electrons. The Morgan fingerprint density at radius 1 is 1.12 bits per heavy atom. The third-order valence-corrected chi connectivity index (χ3v) is 3.31. The predicted molar refractivity (Wildman–Crippen MR) is 95.8 cm³/mol.